The van der Waals surface area contributed by atoms with Gasteiger partial charge in [-0.25, -0.2) is 4.99 Å². The number of hydrogen-bond acceptors (Lipinski definition) is 4. The van der Waals surface area contributed by atoms with Gasteiger partial charge in [0.1, 0.15) is 5.75 Å². The number of thioether (sulfide) groups is 1. The molecule has 3 rings (SSSR count). The summed E-state index contributed by atoms with van der Waals surface area (Å²) in [5.74, 6) is 0.453. The lowest BCUT2D eigenvalue weighted by Crippen LogP contribution is -2.19. The van der Waals surface area contributed by atoms with E-state index in [1.54, 1.807) is 36.4 Å². The normalized spacial score (nSPS) is 17.0. The molecular weight excluding hydrogens is 391 g/mol. The highest BCUT2D eigenvalue weighted by atomic mass is 35.5. The third-order valence-corrected chi connectivity index (χ3v) is 4.88. The minimum Gasteiger partial charge on any atom is -0.492 e. The first-order valence-corrected chi connectivity index (χ1v) is 9.60. The molecule has 1 fully saturated rings. The summed E-state index contributed by atoms with van der Waals surface area (Å²) >= 11 is 13.4. The van der Waals surface area contributed by atoms with Gasteiger partial charge in [0.05, 0.1) is 22.2 Å². The van der Waals surface area contributed by atoms with Crippen LogP contribution in [0.1, 0.15) is 18.9 Å². The number of benzene rings is 2. The van der Waals surface area contributed by atoms with E-state index in [1.807, 2.05) is 19.1 Å². The fourth-order valence-electron chi connectivity index (χ4n) is 2.20. The molecule has 1 N–H and O–H groups in total. The Hall–Kier alpha value is -1.95. The third-order valence-electron chi connectivity index (χ3n) is 3.42. The standard InChI is InChI=1S/C19H16Cl2N2O2S/c1-2-9-25-16-8-3-12(10-15(16)21)11-17-18(24)23-19(26-17)22-14-6-4-13(20)5-7-14/h3-8,10-11H,2,9H2,1H3,(H,22,23,24)/b17-11-. The summed E-state index contributed by atoms with van der Waals surface area (Å²) in [6.07, 6.45) is 2.69. The molecule has 1 heterocycles. The number of nitrogens with one attached hydrogen (secondary N) is 1. The Kier molecular flexibility index (Phi) is 6.25. The lowest BCUT2D eigenvalue weighted by Gasteiger charge is -2.07. The molecule has 0 aliphatic carbocycles. The SMILES string of the molecule is CCCOc1ccc(/C=C2\SC(=Nc3ccc(Cl)cc3)NC2=O)cc1Cl. The minimum absolute atomic E-state index is 0.190. The van der Waals surface area contributed by atoms with Crippen molar-refractivity contribution in [2.45, 2.75) is 13.3 Å². The van der Waals surface area contributed by atoms with Crippen LogP contribution in [0.2, 0.25) is 10.0 Å². The third kappa shape index (κ3) is 4.81. The number of rotatable bonds is 5. The van der Waals surface area contributed by atoms with E-state index in [4.69, 9.17) is 27.9 Å². The molecule has 0 aromatic heterocycles. The molecule has 2 aromatic rings. The zero-order valence-electron chi connectivity index (χ0n) is 14.0. The Balaban J connectivity index is 1.76. The van der Waals surface area contributed by atoms with Gasteiger partial charge in [-0.1, -0.05) is 36.2 Å². The highest BCUT2D eigenvalue weighted by Crippen LogP contribution is 2.31. The van der Waals surface area contributed by atoms with Gasteiger partial charge >= 0.3 is 0 Å². The summed E-state index contributed by atoms with van der Waals surface area (Å²) in [6, 6.07) is 12.5. The zero-order valence-corrected chi connectivity index (χ0v) is 16.3. The second kappa shape index (κ2) is 8.62. The highest BCUT2D eigenvalue weighted by Gasteiger charge is 2.23. The van der Waals surface area contributed by atoms with Crippen LogP contribution in [-0.2, 0) is 4.79 Å². The number of hydrogen-bond donors (Lipinski definition) is 1. The summed E-state index contributed by atoms with van der Waals surface area (Å²) in [5.41, 5.74) is 1.54. The van der Waals surface area contributed by atoms with Crippen molar-refractivity contribution < 1.29 is 9.53 Å². The van der Waals surface area contributed by atoms with Gasteiger partial charge in [-0.15, -0.1) is 0 Å². The molecule has 0 atom stereocenters. The van der Waals surface area contributed by atoms with Gasteiger partial charge in [-0.3, -0.25) is 4.79 Å². The number of carbonyl (C=O) groups excluding carboxylic acids is 1. The minimum atomic E-state index is -0.190. The van der Waals surface area contributed by atoms with Crippen molar-refractivity contribution in [3.63, 3.8) is 0 Å². The highest BCUT2D eigenvalue weighted by molar-refractivity contribution is 8.18. The number of halogens is 2. The van der Waals surface area contributed by atoms with Gasteiger partial charge in [0.25, 0.3) is 5.91 Å². The second-order valence-electron chi connectivity index (χ2n) is 5.50. The molecule has 0 bridgehead atoms. The summed E-state index contributed by atoms with van der Waals surface area (Å²) in [5, 5.41) is 4.44. The lowest BCUT2D eigenvalue weighted by molar-refractivity contribution is -0.115. The molecule has 2 aromatic carbocycles. The van der Waals surface area contributed by atoms with Crippen LogP contribution in [0.4, 0.5) is 5.69 Å². The molecule has 134 valence electrons. The van der Waals surface area contributed by atoms with Crippen LogP contribution in [0, 0.1) is 0 Å². The van der Waals surface area contributed by atoms with Gasteiger partial charge in [0.2, 0.25) is 0 Å². The quantitative estimate of drug-likeness (QED) is 0.650. The number of aliphatic imine (C=N–C) groups is 1. The van der Waals surface area contributed by atoms with Crippen LogP contribution in [0.15, 0.2) is 52.4 Å². The maximum Gasteiger partial charge on any atom is 0.264 e. The van der Waals surface area contributed by atoms with E-state index in [0.717, 1.165) is 17.7 Å². The largest absolute Gasteiger partial charge is 0.492 e. The van der Waals surface area contributed by atoms with Crippen molar-refractivity contribution in [1.82, 2.24) is 5.32 Å². The molecule has 4 nitrogen and oxygen atoms in total. The van der Waals surface area contributed by atoms with Crippen LogP contribution in [-0.4, -0.2) is 17.7 Å². The molecule has 1 aliphatic heterocycles. The average Bonchev–Trinajstić information content (AvgIpc) is 2.95. The maximum absolute atomic E-state index is 12.2. The van der Waals surface area contributed by atoms with E-state index >= 15 is 0 Å². The predicted octanol–water partition coefficient (Wildman–Crippen LogP) is 5.67. The molecule has 1 saturated heterocycles. The number of nitrogens with zero attached hydrogens (tertiary/aromatic N) is 1. The van der Waals surface area contributed by atoms with Crippen molar-refractivity contribution in [3.05, 3.63) is 63.0 Å². The van der Waals surface area contributed by atoms with E-state index in [0.29, 0.717) is 32.5 Å². The number of carbonyl (C=O) groups is 1. The Morgan fingerprint density at radius 2 is 1.96 bits per heavy atom. The van der Waals surface area contributed by atoms with E-state index < -0.39 is 0 Å². The van der Waals surface area contributed by atoms with E-state index in [2.05, 4.69) is 10.3 Å². The maximum atomic E-state index is 12.2. The molecule has 7 heteroatoms. The molecular formula is C19H16Cl2N2O2S. The molecule has 26 heavy (non-hydrogen) atoms. The molecule has 1 aliphatic rings. The topological polar surface area (TPSA) is 50.7 Å². The Bertz CT molecular complexity index is 880. The number of amidine groups is 1. The van der Waals surface area contributed by atoms with Crippen molar-refractivity contribution in [3.8, 4) is 5.75 Å². The Labute approximate surface area is 166 Å². The van der Waals surface area contributed by atoms with Gasteiger partial charge in [-0.2, -0.15) is 0 Å². The smallest absolute Gasteiger partial charge is 0.264 e. The summed E-state index contributed by atoms with van der Waals surface area (Å²) in [4.78, 5) is 17.1. The van der Waals surface area contributed by atoms with Gasteiger partial charge in [0.15, 0.2) is 5.17 Å². The van der Waals surface area contributed by atoms with Crippen LogP contribution in [0.3, 0.4) is 0 Å². The van der Waals surface area contributed by atoms with Gasteiger partial charge in [-0.05, 0) is 66.2 Å². The van der Waals surface area contributed by atoms with Gasteiger partial charge in [0, 0.05) is 5.02 Å². The Morgan fingerprint density at radius 1 is 1.19 bits per heavy atom. The average molecular weight is 407 g/mol. The van der Waals surface area contributed by atoms with Gasteiger partial charge < -0.3 is 10.1 Å². The Morgan fingerprint density at radius 3 is 2.65 bits per heavy atom. The van der Waals surface area contributed by atoms with Crippen LogP contribution < -0.4 is 10.1 Å². The van der Waals surface area contributed by atoms with E-state index in [-0.39, 0.29) is 5.91 Å². The van der Waals surface area contributed by atoms with Crippen LogP contribution in [0.25, 0.3) is 6.08 Å². The molecule has 0 spiro atoms. The summed E-state index contributed by atoms with van der Waals surface area (Å²) < 4.78 is 5.56. The predicted molar refractivity (Wildman–Crippen MR) is 109 cm³/mol. The van der Waals surface area contributed by atoms with Crippen LogP contribution >= 0.6 is 35.0 Å². The van der Waals surface area contributed by atoms with Crippen molar-refractivity contribution in [2.24, 2.45) is 4.99 Å². The van der Waals surface area contributed by atoms with Crippen molar-refractivity contribution >= 4 is 57.8 Å². The van der Waals surface area contributed by atoms with Crippen molar-refractivity contribution in [2.75, 3.05) is 6.61 Å². The first-order valence-electron chi connectivity index (χ1n) is 8.02. The molecule has 0 saturated carbocycles. The van der Waals surface area contributed by atoms with Crippen LogP contribution in [0.5, 0.6) is 5.75 Å². The number of amides is 1. The molecule has 1 amide bonds. The first kappa shape index (κ1) is 18.8. The summed E-state index contributed by atoms with van der Waals surface area (Å²) in [6.45, 7) is 2.65. The van der Waals surface area contributed by atoms with E-state index in [1.165, 1.54) is 11.8 Å². The summed E-state index contributed by atoms with van der Waals surface area (Å²) in [7, 11) is 0. The molecule has 0 radical (unpaired) electrons. The zero-order chi connectivity index (χ0) is 18.5. The van der Waals surface area contributed by atoms with E-state index in [9.17, 15) is 4.79 Å². The lowest BCUT2D eigenvalue weighted by atomic mass is 10.2. The van der Waals surface area contributed by atoms with Crippen molar-refractivity contribution in [1.29, 1.82) is 0 Å². The number of ether oxygens (including phenoxy) is 1. The first-order chi connectivity index (χ1) is 12.5. The fourth-order valence-corrected chi connectivity index (χ4v) is 3.41. The monoisotopic (exact) mass is 406 g/mol. The second-order valence-corrected chi connectivity index (χ2v) is 7.37. The molecule has 0 unspecified atom stereocenters. The fraction of sp³-hybridized carbons (Fsp3) is 0.158.